The molecule has 0 radical (unpaired) electrons. The molecule has 0 unspecified atom stereocenters. The van der Waals surface area contributed by atoms with E-state index in [2.05, 4.69) is 27.4 Å². The zero-order valence-corrected chi connectivity index (χ0v) is 15.6. The normalized spacial score (nSPS) is 10.9. The molecule has 0 spiro atoms. The Hall–Kier alpha value is -3.06. The van der Waals surface area contributed by atoms with Crippen molar-refractivity contribution in [3.05, 3.63) is 84.0 Å². The van der Waals surface area contributed by atoms with Gasteiger partial charge in [-0.2, -0.15) is 5.10 Å². The van der Waals surface area contributed by atoms with Crippen molar-refractivity contribution in [1.82, 2.24) is 20.0 Å². The molecule has 0 aliphatic heterocycles. The minimum Gasteiger partial charge on any atom is -0.484 e. The van der Waals surface area contributed by atoms with Crippen LogP contribution < -0.4 is 4.74 Å². The second kappa shape index (κ2) is 8.09. The lowest BCUT2D eigenvalue weighted by Gasteiger charge is -2.04. The first-order chi connectivity index (χ1) is 13.3. The molecule has 136 valence electrons. The Bertz CT molecular complexity index is 997. The molecule has 4 aromatic rings. The monoisotopic (exact) mass is 378 g/mol. The first-order valence-corrected chi connectivity index (χ1v) is 9.48. The average molecular weight is 378 g/mol. The van der Waals surface area contributed by atoms with Gasteiger partial charge in [-0.3, -0.25) is 0 Å². The Morgan fingerprint density at radius 2 is 1.96 bits per heavy atom. The van der Waals surface area contributed by atoms with Gasteiger partial charge in [0.25, 0.3) is 11.1 Å². The molecule has 0 aliphatic carbocycles. The number of aromatic nitrogens is 4. The second-order valence-electron chi connectivity index (χ2n) is 5.97. The highest BCUT2D eigenvalue weighted by Gasteiger charge is 2.08. The van der Waals surface area contributed by atoms with Gasteiger partial charge in [0.15, 0.2) is 6.61 Å². The molecule has 27 heavy (non-hydrogen) atoms. The van der Waals surface area contributed by atoms with Crippen LogP contribution in [0.2, 0.25) is 0 Å². The van der Waals surface area contributed by atoms with E-state index in [0.717, 1.165) is 22.8 Å². The van der Waals surface area contributed by atoms with Crippen molar-refractivity contribution in [2.45, 2.75) is 24.5 Å². The summed E-state index contributed by atoms with van der Waals surface area (Å²) in [6.45, 7) is 2.28. The summed E-state index contributed by atoms with van der Waals surface area (Å²) in [5, 5.41) is 12.9. The summed E-state index contributed by atoms with van der Waals surface area (Å²) in [6, 6.07) is 18.0. The van der Waals surface area contributed by atoms with Crippen LogP contribution in [0.15, 0.2) is 76.6 Å². The van der Waals surface area contributed by atoms with Crippen molar-refractivity contribution in [3.8, 4) is 11.4 Å². The molecule has 0 N–H and O–H groups in total. The van der Waals surface area contributed by atoms with E-state index in [4.69, 9.17) is 9.15 Å². The highest BCUT2D eigenvalue weighted by Crippen LogP contribution is 2.23. The van der Waals surface area contributed by atoms with Gasteiger partial charge in [0.1, 0.15) is 5.75 Å². The second-order valence-corrected chi connectivity index (χ2v) is 6.90. The van der Waals surface area contributed by atoms with Gasteiger partial charge in [0.05, 0.1) is 5.69 Å². The molecule has 0 saturated carbocycles. The minimum absolute atomic E-state index is 0.260. The van der Waals surface area contributed by atoms with E-state index < -0.39 is 0 Å². The Balaban J connectivity index is 1.30. The van der Waals surface area contributed by atoms with Gasteiger partial charge in [0.2, 0.25) is 0 Å². The number of aryl methyl sites for hydroxylation is 1. The maximum absolute atomic E-state index is 5.68. The fourth-order valence-corrected chi connectivity index (χ4v) is 3.25. The van der Waals surface area contributed by atoms with Crippen molar-refractivity contribution in [2.75, 3.05) is 0 Å². The van der Waals surface area contributed by atoms with E-state index in [-0.39, 0.29) is 6.61 Å². The Kier molecular flexibility index (Phi) is 5.20. The van der Waals surface area contributed by atoms with Gasteiger partial charge in [0, 0.05) is 18.1 Å². The van der Waals surface area contributed by atoms with Gasteiger partial charge in [-0.15, -0.1) is 10.2 Å². The molecule has 0 aliphatic rings. The highest BCUT2D eigenvalue weighted by molar-refractivity contribution is 7.98. The number of hydrogen-bond donors (Lipinski definition) is 0. The van der Waals surface area contributed by atoms with E-state index in [9.17, 15) is 0 Å². The number of thioether (sulfide) groups is 1. The van der Waals surface area contributed by atoms with Crippen LogP contribution in [0.3, 0.4) is 0 Å². The smallest absolute Gasteiger partial charge is 0.277 e. The fourth-order valence-electron chi connectivity index (χ4n) is 2.52. The molecule has 2 aromatic heterocycles. The molecule has 0 fully saturated rings. The molecular weight excluding hydrogens is 360 g/mol. The molecule has 7 heteroatoms. The number of nitrogens with zero attached hydrogens (tertiary/aromatic N) is 4. The van der Waals surface area contributed by atoms with Crippen molar-refractivity contribution < 1.29 is 9.15 Å². The number of rotatable bonds is 7. The predicted octanol–water partition coefficient (Wildman–Crippen LogP) is 4.44. The summed E-state index contributed by atoms with van der Waals surface area (Å²) < 4.78 is 13.2. The maximum atomic E-state index is 5.68. The van der Waals surface area contributed by atoms with E-state index in [1.807, 2.05) is 60.3 Å². The molecule has 6 nitrogen and oxygen atoms in total. The summed E-state index contributed by atoms with van der Waals surface area (Å²) in [5.41, 5.74) is 3.35. The third kappa shape index (κ3) is 4.57. The van der Waals surface area contributed by atoms with Gasteiger partial charge in [-0.25, -0.2) is 4.68 Å². The van der Waals surface area contributed by atoms with Crippen LogP contribution in [0.25, 0.3) is 5.69 Å². The molecule has 4 rings (SSSR count). The van der Waals surface area contributed by atoms with Gasteiger partial charge < -0.3 is 9.15 Å². The summed E-state index contributed by atoms with van der Waals surface area (Å²) in [5.74, 6) is 2.01. The zero-order valence-electron chi connectivity index (χ0n) is 14.8. The van der Waals surface area contributed by atoms with Crippen LogP contribution in [0.1, 0.15) is 17.0 Å². The quantitative estimate of drug-likeness (QED) is 0.443. The third-order valence-electron chi connectivity index (χ3n) is 3.87. The summed E-state index contributed by atoms with van der Waals surface area (Å²) in [7, 11) is 0. The lowest BCUT2D eigenvalue weighted by molar-refractivity contribution is 0.252. The van der Waals surface area contributed by atoms with Gasteiger partial charge in [-0.05, 0) is 48.4 Å². The fraction of sp³-hybridized carbons (Fsp3) is 0.150. The molecule has 0 saturated heterocycles. The predicted molar refractivity (Wildman–Crippen MR) is 103 cm³/mol. The lowest BCUT2D eigenvalue weighted by atomic mass is 10.2. The minimum atomic E-state index is 0.260. The van der Waals surface area contributed by atoms with E-state index in [1.54, 1.807) is 6.20 Å². The number of benzene rings is 2. The molecule has 2 heterocycles. The van der Waals surface area contributed by atoms with E-state index in [1.165, 1.54) is 17.3 Å². The largest absolute Gasteiger partial charge is 0.484 e. The number of ether oxygens (including phenoxy) is 1. The zero-order chi connectivity index (χ0) is 18.5. The molecular formula is C20H18N4O2S. The highest BCUT2D eigenvalue weighted by atomic mass is 32.2. The van der Waals surface area contributed by atoms with Crippen molar-refractivity contribution in [3.63, 3.8) is 0 Å². The standard InChI is InChI=1S/C20H18N4O2S/c1-15-4-2-5-18(12-15)25-13-19-22-23-20(26-19)27-14-16-6-8-17(9-7-16)24-11-3-10-21-24/h2-12H,13-14H2,1H3. The van der Waals surface area contributed by atoms with Crippen molar-refractivity contribution in [1.29, 1.82) is 0 Å². The van der Waals surface area contributed by atoms with Crippen LogP contribution in [0.4, 0.5) is 0 Å². The third-order valence-corrected chi connectivity index (χ3v) is 4.76. The average Bonchev–Trinajstić information content (AvgIpc) is 3.37. The molecule has 0 atom stereocenters. The molecule has 0 bridgehead atoms. The Morgan fingerprint density at radius 1 is 1.07 bits per heavy atom. The molecule has 2 aromatic carbocycles. The van der Waals surface area contributed by atoms with E-state index in [0.29, 0.717) is 11.1 Å². The van der Waals surface area contributed by atoms with Crippen LogP contribution in [0.5, 0.6) is 5.75 Å². The van der Waals surface area contributed by atoms with Crippen molar-refractivity contribution in [2.24, 2.45) is 0 Å². The first kappa shape index (κ1) is 17.4. The Morgan fingerprint density at radius 3 is 2.74 bits per heavy atom. The molecule has 0 amide bonds. The van der Waals surface area contributed by atoms with Crippen molar-refractivity contribution >= 4 is 11.8 Å². The van der Waals surface area contributed by atoms with Crippen LogP contribution >= 0.6 is 11.8 Å². The lowest BCUT2D eigenvalue weighted by Crippen LogP contribution is -1.95. The van der Waals surface area contributed by atoms with Crippen LogP contribution in [-0.4, -0.2) is 20.0 Å². The maximum Gasteiger partial charge on any atom is 0.277 e. The Labute approximate surface area is 161 Å². The van der Waals surface area contributed by atoms with Gasteiger partial charge in [-0.1, -0.05) is 36.0 Å². The SMILES string of the molecule is Cc1cccc(OCc2nnc(SCc3ccc(-n4cccn4)cc3)o2)c1. The first-order valence-electron chi connectivity index (χ1n) is 8.50. The topological polar surface area (TPSA) is 66.0 Å². The van der Waals surface area contributed by atoms with Crippen LogP contribution in [0, 0.1) is 6.92 Å². The summed E-state index contributed by atoms with van der Waals surface area (Å²) >= 11 is 1.50. The summed E-state index contributed by atoms with van der Waals surface area (Å²) in [6.07, 6.45) is 3.68. The van der Waals surface area contributed by atoms with Crippen LogP contribution in [-0.2, 0) is 12.4 Å². The van der Waals surface area contributed by atoms with E-state index >= 15 is 0 Å². The number of hydrogen-bond acceptors (Lipinski definition) is 6. The van der Waals surface area contributed by atoms with Gasteiger partial charge >= 0.3 is 0 Å². The summed E-state index contributed by atoms with van der Waals surface area (Å²) in [4.78, 5) is 0.